The highest BCUT2D eigenvalue weighted by atomic mass is 32.1. The SMILES string of the molecule is CC(C)(C)c1ccc(C(=O)CN)s1. The average Bonchev–Trinajstić information content (AvgIpc) is 2.50. The second kappa shape index (κ2) is 3.60. The van der Waals surface area contributed by atoms with Crippen molar-refractivity contribution in [1.82, 2.24) is 0 Å². The molecule has 1 aromatic rings. The van der Waals surface area contributed by atoms with Crippen molar-refractivity contribution in [1.29, 1.82) is 0 Å². The first-order chi connectivity index (χ1) is 5.95. The van der Waals surface area contributed by atoms with Gasteiger partial charge in [0, 0.05) is 4.88 Å². The number of nitrogens with two attached hydrogens (primary N) is 1. The molecule has 0 aliphatic rings. The molecular formula is C10H15NOS. The third-order valence-electron chi connectivity index (χ3n) is 1.81. The monoisotopic (exact) mass is 197 g/mol. The summed E-state index contributed by atoms with van der Waals surface area (Å²) in [7, 11) is 0. The molecule has 3 heteroatoms. The van der Waals surface area contributed by atoms with Gasteiger partial charge in [-0.2, -0.15) is 0 Å². The molecule has 0 unspecified atom stereocenters. The van der Waals surface area contributed by atoms with Gasteiger partial charge in [-0.25, -0.2) is 0 Å². The highest BCUT2D eigenvalue weighted by molar-refractivity contribution is 7.14. The summed E-state index contributed by atoms with van der Waals surface area (Å²) in [6.45, 7) is 6.50. The molecule has 0 saturated carbocycles. The third-order valence-corrected chi connectivity index (χ3v) is 3.36. The van der Waals surface area contributed by atoms with Gasteiger partial charge in [-0.1, -0.05) is 20.8 Å². The molecule has 1 rings (SSSR count). The van der Waals surface area contributed by atoms with E-state index in [9.17, 15) is 4.79 Å². The Labute approximate surface area is 82.8 Å². The van der Waals surface area contributed by atoms with E-state index in [0.717, 1.165) is 4.88 Å². The Morgan fingerprint density at radius 1 is 1.46 bits per heavy atom. The van der Waals surface area contributed by atoms with Crippen molar-refractivity contribution in [3.63, 3.8) is 0 Å². The Hall–Kier alpha value is -0.670. The molecule has 0 bridgehead atoms. The van der Waals surface area contributed by atoms with Crippen molar-refractivity contribution in [3.8, 4) is 0 Å². The third kappa shape index (κ3) is 2.39. The predicted octanol–water partition coefficient (Wildman–Crippen LogP) is 2.19. The summed E-state index contributed by atoms with van der Waals surface area (Å²) < 4.78 is 0. The first-order valence-corrected chi connectivity index (χ1v) is 5.10. The Bertz CT molecular complexity index is 309. The molecule has 1 heterocycles. The molecule has 72 valence electrons. The van der Waals surface area contributed by atoms with E-state index in [1.807, 2.05) is 12.1 Å². The van der Waals surface area contributed by atoms with E-state index in [1.165, 1.54) is 4.88 Å². The van der Waals surface area contributed by atoms with Crippen LogP contribution in [0.15, 0.2) is 12.1 Å². The quantitative estimate of drug-likeness (QED) is 0.738. The lowest BCUT2D eigenvalue weighted by atomic mass is 9.95. The summed E-state index contributed by atoms with van der Waals surface area (Å²) in [4.78, 5) is 13.2. The van der Waals surface area contributed by atoms with Crippen LogP contribution in [-0.4, -0.2) is 12.3 Å². The van der Waals surface area contributed by atoms with Gasteiger partial charge in [0.05, 0.1) is 11.4 Å². The summed E-state index contributed by atoms with van der Waals surface area (Å²) in [6, 6.07) is 3.87. The normalized spacial score (nSPS) is 11.7. The van der Waals surface area contributed by atoms with Crippen LogP contribution in [-0.2, 0) is 5.41 Å². The van der Waals surface area contributed by atoms with Gasteiger partial charge in [0.15, 0.2) is 5.78 Å². The fourth-order valence-corrected chi connectivity index (χ4v) is 2.00. The van der Waals surface area contributed by atoms with Crippen molar-refractivity contribution >= 4 is 17.1 Å². The minimum atomic E-state index is 0.0282. The molecule has 0 fully saturated rings. The molecule has 0 radical (unpaired) electrons. The van der Waals surface area contributed by atoms with Crippen LogP contribution in [0.4, 0.5) is 0 Å². The van der Waals surface area contributed by atoms with Crippen molar-refractivity contribution in [2.45, 2.75) is 26.2 Å². The summed E-state index contributed by atoms with van der Waals surface area (Å²) in [5.74, 6) is 0.0282. The van der Waals surface area contributed by atoms with Gasteiger partial charge < -0.3 is 5.73 Å². The number of carbonyl (C=O) groups is 1. The summed E-state index contributed by atoms with van der Waals surface area (Å²) in [5.41, 5.74) is 5.40. The van der Waals surface area contributed by atoms with Crippen LogP contribution in [0.3, 0.4) is 0 Å². The van der Waals surface area contributed by atoms with Crippen LogP contribution in [0.1, 0.15) is 35.3 Å². The molecule has 1 aromatic heterocycles. The number of carbonyl (C=O) groups excluding carboxylic acids is 1. The molecule has 0 amide bonds. The number of Topliss-reactive ketones (excluding diaryl/α,β-unsaturated/α-hetero) is 1. The molecule has 13 heavy (non-hydrogen) atoms. The van der Waals surface area contributed by atoms with Gasteiger partial charge in [0.2, 0.25) is 0 Å². The van der Waals surface area contributed by atoms with Crippen molar-refractivity contribution in [2.75, 3.05) is 6.54 Å². The predicted molar refractivity (Wildman–Crippen MR) is 56.4 cm³/mol. The van der Waals surface area contributed by atoms with Crippen LogP contribution < -0.4 is 5.73 Å². The topological polar surface area (TPSA) is 43.1 Å². The zero-order chi connectivity index (χ0) is 10.1. The number of hydrogen-bond donors (Lipinski definition) is 1. The zero-order valence-corrected chi connectivity index (χ0v) is 9.07. The molecule has 2 nitrogen and oxygen atoms in total. The van der Waals surface area contributed by atoms with E-state index in [4.69, 9.17) is 5.73 Å². The van der Waals surface area contributed by atoms with E-state index in [0.29, 0.717) is 0 Å². The molecule has 0 atom stereocenters. The van der Waals surface area contributed by atoms with Crippen LogP contribution in [0, 0.1) is 0 Å². The molecule has 0 saturated heterocycles. The standard InChI is InChI=1S/C10H15NOS/c1-10(2,3)9-5-4-8(13-9)7(12)6-11/h4-5H,6,11H2,1-3H3. The Balaban J connectivity index is 2.93. The van der Waals surface area contributed by atoms with Crippen LogP contribution in [0.5, 0.6) is 0 Å². The van der Waals surface area contributed by atoms with Crippen LogP contribution in [0.25, 0.3) is 0 Å². The first kappa shape index (κ1) is 10.4. The number of thiophene rings is 1. The minimum Gasteiger partial charge on any atom is -0.324 e. The maximum Gasteiger partial charge on any atom is 0.186 e. The fraction of sp³-hybridized carbons (Fsp3) is 0.500. The molecule has 2 N–H and O–H groups in total. The number of rotatable bonds is 2. The summed E-state index contributed by atoms with van der Waals surface area (Å²) >= 11 is 1.54. The minimum absolute atomic E-state index is 0.0282. The van der Waals surface area contributed by atoms with Gasteiger partial charge in [0.1, 0.15) is 0 Å². The van der Waals surface area contributed by atoms with Gasteiger partial charge in [-0.15, -0.1) is 11.3 Å². The molecular weight excluding hydrogens is 182 g/mol. The zero-order valence-electron chi connectivity index (χ0n) is 8.26. The van der Waals surface area contributed by atoms with E-state index in [2.05, 4.69) is 20.8 Å². The summed E-state index contributed by atoms with van der Waals surface area (Å²) in [5, 5.41) is 0. The van der Waals surface area contributed by atoms with E-state index in [1.54, 1.807) is 11.3 Å². The highest BCUT2D eigenvalue weighted by Crippen LogP contribution is 2.29. The number of hydrogen-bond acceptors (Lipinski definition) is 3. The van der Waals surface area contributed by atoms with Crippen molar-refractivity contribution in [2.24, 2.45) is 5.73 Å². The average molecular weight is 197 g/mol. The molecule has 0 spiro atoms. The van der Waals surface area contributed by atoms with Crippen LogP contribution in [0.2, 0.25) is 0 Å². The maximum atomic E-state index is 11.2. The lowest BCUT2D eigenvalue weighted by Crippen LogP contribution is -2.12. The van der Waals surface area contributed by atoms with E-state index in [-0.39, 0.29) is 17.7 Å². The Morgan fingerprint density at radius 3 is 2.46 bits per heavy atom. The van der Waals surface area contributed by atoms with E-state index < -0.39 is 0 Å². The Kier molecular flexibility index (Phi) is 2.88. The first-order valence-electron chi connectivity index (χ1n) is 4.28. The number of ketones is 1. The van der Waals surface area contributed by atoms with E-state index >= 15 is 0 Å². The van der Waals surface area contributed by atoms with Crippen molar-refractivity contribution in [3.05, 3.63) is 21.9 Å². The van der Waals surface area contributed by atoms with Gasteiger partial charge in [-0.3, -0.25) is 4.79 Å². The highest BCUT2D eigenvalue weighted by Gasteiger charge is 2.17. The largest absolute Gasteiger partial charge is 0.324 e. The second-order valence-corrected chi connectivity index (χ2v) is 5.12. The van der Waals surface area contributed by atoms with Crippen LogP contribution >= 0.6 is 11.3 Å². The Morgan fingerprint density at radius 2 is 2.08 bits per heavy atom. The van der Waals surface area contributed by atoms with Gasteiger partial charge in [0.25, 0.3) is 0 Å². The molecule has 0 aromatic carbocycles. The van der Waals surface area contributed by atoms with Gasteiger partial charge >= 0.3 is 0 Å². The lowest BCUT2D eigenvalue weighted by molar-refractivity contribution is 0.100. The second-order valence-electron chi connectivity index (χ2n) is 4.04. The van der Waals surface area contributed by atoms with Crippen molar-refractivity contribution < 1.29 is 4.79 Å². The summed E-state index contributed by atoms with van der Waals surface area (Å²) in [6.07, 6.45) is 0. The van der Waals surface area contributed by atoms with Gasteiger partial charge in [-0.05, 0) is 17.5 Å². The molecule has 0 aliphatic carbocycles. The molecule has 0 aliphatic heterocycles. The lowest BCUT2D eigenvalue weighted by Gasteiger charge is -2.15. The maximum absolute atomic E-state index is 11.2. The fourth-order valence-electron chi connectivity index (χ4n) is 0.991. The smallest absolute Gasteiger partial charge is 0.186 e.